The Kier molecular flexibility index (Phi) is 9.67. The normalized spacial score (nSPS) is 16.2. The molecule has 3 aromatic rings. The lowest BCUT2D eigenvalue weighted by atomic mass is 10.1. The van der Waals surface area contributed by atoms with Crippen LogP contribution in [-0.2, 0) is 0 Å². The number of nitrogens with one attached hydrogen (secondary N) is 1. The van der Waals surface area contributed by atoms with Crippen LogP contribution < -0.4 is 24.4 Å². The van der Waals surface area contributed by atoms with Crippen LogP contribution in [0.5, 0.6) is 17.2 Å². The van der Waals surface area contributed by atoms with Gasteiger partial charge in [0.2, 0.25) is 0 Å². The number of methoxy groups -OCH3 is 1. The SMILES string of the molecule is COc1cc2c(N3CCN(C(=O)Nc4ccc(OC(C)C)cc4)CC3)ccnc2cc1OCCCN1CCCCC1. The van der Waals surface area contributed by atoms with Crippen molar-refractivity contribution in [2.45, 2.75) is 45.6 Å². The number of carbonyl (C=O) groups is 1. The lowest BCUT2D eigenvalue weighted by Gasteiger charge is -2.36. The molecular weight excluding hydrogens is 518 g/mol. The topological polar surface area (TPSA) is 79.4 Å². The van der Waals surface area contributed by atoms with Crippen LogP contribution in [0.15, 0.2) is 48.7 Å². The van der Waals surface area contributed by atoms with Crippen LogP contribution in [0, 0.1) is 0 Å². The summed E-state index contributed by atoms with van der Waals surface area (Å²) in [6, 6.07) is 13.5. The zero-order chi connectivity index (χ0) is 28.6. The number of ether oxygens (including phenoxy) is 3. The summed E-state index contributed by atoms with van der Waals surface area (Å²) < 4.78 is 17.6. The molecule has 2 saturated heterocycles. The number of rotatable bonds is 10. The molecular formula is C32H43N5O4. The summed E-state index contributed by atoms with van der Waals surface area (Å²) in [5, 5.41) is 4.03. The molecule has 2 aromatic carbocycles. The molecule has 0 saturated carbocycles. The average Bonchev–Trinajstić information content (AvgIpc) is 3.00. The predicted molar refractivity (Wildman–Crippen MR) is 164 cm³/mol. The van der Waals surface area contributed by atoms with Crippen molar-refractivity contribution in [3.05, 3.63) is 48.7 Å². The number of fused-ring (bicyclic) bond motifs is 1. The first kappa shape index (κ1) is 28.8. The van der Waals surface area contributed by atoms with E-state index in [1.54, 1.807) is 7.11 Å². The Balaban J connectivity index is 1.18. The molecule has 9 heteroatoms. The summed E-state index contributed by atoms with van der Waals surface area (Å²) in [7, 11) is 1.68. The number of piperazine rings is 1. The second-order valence-corrected chi connectivity index (χ2v) is 11.0. The van der Waals surface area contributed by atoms with Crippen molar-refractivity contribution in [1.82, 2.24) is 14.8 Å². The summed E-state index contributed by atoms with van der Waals surface area (Å²) in [4.78, 5) is 24.3. The number of hydrogen-bond acceptors (Lipinski definition) is 7. The van der Waals surface area contributed by atoms with Crippen molar-refractivity contribution in [2.24, 2.45) is 0 Å². The molecule has 3 heterocycles. The van der Waals surface area contributed by atoms with E-state index in [2.05, 4.69) is 20.1 Å². The number of anilines is 2. The van der Waals surface area contributed by atoms with Crippen molar-refractivity contribution in [1.29, 1.82) is 0 Å². The standard InChI is InChI=1S/C32H43N5O4/c1-24(2)41-26-10-8-25(9-11-26)34-32(38)37-19-17-36(18-20-37)29-12-13-33-28-23-31(30(39-3)22-27(28)29)40-21-7-16-35-14-5-4-6-15-35/h8-13,22-24H,4-7,14-21H2,1-3H3,(H,34,38). The van der Waals surface area contributed by atoms with Crippen LogP contribution in [0.1, 0.15) is 39.5 Å². The molecule has 2 aliphatic heterocycles. The van der Waals surface area contributed by atoms with E-state index in [0.717, 1.165) is 59.8 Å². The lowest BCUT2D eigenvalue weighted by molar-refractivity contribution is 0.203. The van der Waals surface area contributed by atoms with Gasteiger partial charge in [0.05, 0.1) is 25.3 Å². The maximum atomic E-state index is 12.9. The Morgan fingerprint density at radius 1 is 0.951 bits per heavy atom. The monoisotopic (exact) mass is 561 g/mol. The lowest BCUT2D eigenvalue weighted by Crippen LogP contribution is -2.50. The molecule has 0 atom stereocenters. The largest absolute Gasteiger partial charge is 0.493 e. The summed E-state index contributed by atoms with van der Waals surface area (Å²) in [5.41, 5.74) is 2.72. The third-order valence-corrected chi connectivity index (χ3v) is 7.71. The molecule has 0 aliphatic carbocycles. The van der Waals surface area contributed by atoms with Crippen LogP contribution in [0.4, 0.5) is 16.2 Å². The first-order chi connectivity index (χ1) is 20.0. The van der Waals surface area contributed by atoms with Gasteiger partial charge in [-0.05, 0) is 82.6 Å². The van der Waals surface area contributed by atoms with E-state index in [1.807, 2.05) is 67.4 Å². The Morgan fingerprint density at radius 3 is 2.41 bits per heavy atom. The van der Waals surface area contributed by atoms with Gasteiger partial charge in [0.25, 0.3) is 0 Å². The summed E-state index contributed by atoms with van der Waals surface area (Å²) in [6.07, 6.45) is 6.91. The van der Waals surface area contributed by atoms with Gasteiger partial charge in [-0.2, -0.15) is 0 Å². The van der Waals surface area contributed by atoms with Gasteiger partial charge in [-0.3, -0.25) is 4.98 Å². The number of nitrogens with zero attached hydrogens (tertiary/aromatic N) is 4. The van der Waals surface area contributed by atoms with E-state index in [0.29, 0.717) is 25.4 Å². The molecule has 1 N–H and O–H groups in total. The number of urea groups is 1. The van der Waals surface area contributed by atoms with E-state index in [4.69, 9.17) is 14.2 Å². The summed E-state index contributed by atoms with van der Waals surface area (Å²) in [5.74, 6) is 2.24. The Morgan fingerprint density at radius 2 is 1.71 bits per heavy atom. The van der Waals surface area contributed by atoms with Gasteiger partial charge in [0, 0.05) is 61.7 Å². The zero-order valence-corrected chi connectivity index (χ0v) is 24.6. The van der Waals surface area contributed by atoms with Gasteiger partial charge in [-0.1, -0.05) is 6.42 Å². The highest BCUT2D eigenvalue weighted by atomic mass is 16.5. The van der Waals surface area contributed by atoms with Crippen molar-refractivity contribution in [3.63, 3.8) is 0 Å². The minimum Gasteiger partial charge on any atom is -0.493 e. The quantitative estimate of drug-likeness (QED) is 0.321. The second-order valence-electron chi connectivity index (χ2n) is 11.0. The number of likely N-dealkylation sites (tertiary alicyclic amines) is 1. The number of pyridine rings is 1. The number of aromatic nitrogens is 1. The summed E-state index contributed by atoms with van der Waals surface area (Å²) in [6.45, 7) is 10.8. The Labute approximate surface area is 243 Å². The highest BCUT2D eigenvalue weighted by Gasteiger charge is 2.23. The van der Waals surface area contributed by atoms with Crippen molar-refractivity contribution in [2.75, 3.05) is 69.7 Å². The van der Waals surface area contributed by atoms with Gasteiger partial charge in [-0.25, -0.2) is 4.79 Å². The van der Waals surface area contributed by atoms with E-state index in [9.17, 15) is 4.79 Å². The van der Waals surface area contributed by atoms with Gasteiger partial charge in [0.1, 0.15) is 5.75 Å². The first-order valence-electron chi connectivity index (χ1n) is 14.9. The molecule has 9 nitrogen and oxygen atoms in total. The molecule has 2 amide bonds. The van der Waals surface area contributed by atoms with E-state index < -0.39 is 0 Å². The molecule has 5 rings (SSSR count). The van der Waals surface area contributed by atoms with Crippen LogP contribution in [0.2, 0.25) is 0 Å². The molecule has 0 spiro atoms. The molecule has 220 valence electrons. The van der Waals surface area contributed by atoms with Crippen LogP contribution in [0.3, 0.4) is 0 Å². The Bertz CT molecular complexity index is 1290. The fourth-order valence-corrected chi connectivity index (χ4v) is 5.58. The van der Waals surface area contributed by atoms with Gasteiger partial charge < -0.3 is 34.2 Å². The van der Waals surface area contributed by atoms with Gasteiger partial charge in [-0.15, -0.1) is 0 Å². The summed E-state index contributed by atoms with van der Waals surface area (Å²) >= 11 is 0. The maximum Gasteiger partial charge on any atom is 0.321 e. The highest BCUT2D eigenvalue weighted by Crippen LogP contribution is 2.36. The molecule has 0 unspecified atom stereocenters. The van der Waals surface area contributed by atoms with Crippen LogP contribution in [0.25, 0.3) is 10.9 Å². The van der Waals surface area contributed by atoms with Crippen molar-refractivity contribution < 1.29 is 19.0 Å². The van der Waals surface area contributed by atoms with Gasteiger partial charge >= 0.3 is 6.03 Å². The first-order valence-corrected chi connectivity index (χ1v) is 14.9. The highest BCUT2D eigenvalue weighted by molar-refractivity contribution is 5.94. The van der Waals surface area contributed by atoms with Crippen LogP contribution in [-0.4, -0.2) is 86.4 Å². The molecule has 0 radical (unpaired) electrons. The maximum absolute atomic E-state index is 12.9. The minimum atomic E-state index is -0.0921. The number of piperidine rings is 1. The molecule has 41 heavy (non-hydrogen) atoms. The van der Waals surface area contributed by atoms with Crippen molar-refractivity contribution in [3.8, 4) is 17.2 Å². The predicted octanol–water partition coefficient (Wildman–Crippen LogP) is 5.64. The fraction of sp³-hybridized carbons (Fsp3) is 0.500. The number of hydrogen-bond donors (Lipinski definition) is 1. The third kappa shape index (κ3) is 7.52. The number of benzene rings is 2. The second kappa shape index (κ2) is 13.8. The number of carbonyl (C=O) groups excluding carboxylic acids is 1. The van der Waals surface area contributed by atoms with E-state index in [1.165, 1.54) is 32.4 Å². The van der Waals surface area contributed by atoms with E-state index in [-0.39, 0.29) is 12.1 Å². The van der Waals surface area contributed by atoms with E-state index >= 15 is 0 Å². The average molecular weight is 562 g/mol. The molecule has 0 bridgehead atoms. The number of amides is 2. The minimum absolute atomic E-state index is 0.0921. The Hall–Kier alpha value is -3.72. The van der Waals surface area contributed by atoms with Gasteiger partial charge in [0.15, 0.2) is 11.5 Å². The molecule has 2 fully saturated rings. The molecule has 1 aromatic heterocycles. The van der Waals surface area contributed by atoms with Crippen LogP contribution >= 0.6 is 0 Å². The smallest absolute Gasteiger partial charge is 0.321 e. The zero-order valence-electron chi connectivity index (χ0n) is 24.6. The molecule has 2 aliphatic rings. The third-order valence-electron chi connectivity index (χ3n) is 7.71. The van der Waals surface area contributed by atoms with Crippen molar-refractivity contribution >= 4 is 28.3 Å². The fourth-order valence-electron chi connectivity index (χ4n) is 5.58.